The summed E-state index contributed by atoms with van der Waals surface area (Å²) < 4.78 is 23.4. The maximum absolute atomic E-state index is 11.7. The van der Waals surface area contributed by atoms with Crippen molar-refractivity contribution in [1.29, 1.82) is 0 Å². The van der Waals surface area contributed by atoms with Gasteiger partial charge in [-0.05, 0) is 37.8 Å². The van der Waals surface area contributed by atoms with Crippen molar-refractivity contribution in [3.63, 3.8) is 0 Å². The molecule has 1 aliphatic carbocycles. The minimum atomic E-state index is -3.64. The highest BCUT2D eigenvalue weighted by molar-refractivity contribution is 7.90. The van der Waals surface area contributed by atoms with Crippen molar-refractivity contribution in [3.8, 4) is 0 Å². The first-order valence-electron chi connectivity index (χ1n) is 7.04. The van der Waals surface area contributed by atoms with Gasteiger partial charge < -0.3 is 5.32 Å². The van der Waals surface area contributed by atoms with Crippen molar-refractivity contribution in [2.75, 3.05) is 11.6 Å². The quantitative estimate of drug-likeness (QED) is 0.667. The molecular formula is C14H20N2O4S. The third kappa shape index (κ3) is 3.53. The summed E-state index contributed by atoms with van der Waals surface area (Å²) in [6, 6.07) is 4.46. The molecule has 1 aromatic carbocycles. The molecule has 2 rings (SSSR count). The molecule has 1 aliphatic rings. The van der Waals surface area contributed by atoms with Gasteiger partial charge in [0.15, 0.2) is 9.84 Å². The van der Waals surface area contributed by atoms with Crippen LogP contribution in [0.5, 0.6) is 0 Å². The van der Waals surface area contributed by atoms with Gasteiger partial charge in [0.2, 0.25) is 0 Å². The van der Waals surface area contributed by atoms with E-state index in [2.05, 4.69) is 5.32 Å². The van der Waals surface area contributed by atoms with Crippen LogP contribution in [0.15, 0.2) is 23.1 Å². The van der Waals surface area contributed by atoms with Gasteiger partial charge >= 0.3 is 5.69 Å². The smallest absolute Gasteiger partial charge is 0.310 e. The fourth-order valence-electron chi connectivity index (χ4n) is 2.95. The number of hydrogen-bond donors (Lipinski definition) is 1. The normalized spacial score (nSPS) is 17.6. The third-order valence-electron chi connectivity index (χ3n) is 4.07. The summed E-state index contributed by atoms with van der Waals surface area (Å²) in [5, 5.41) is 14.4. The van der Waals surface area contributed by atoms with Crippen LogP contribution in [0.3, 0.4) is 0 Å². The lowest BCUT2D eigenvalue weighted by atomic mass is 9.99. The molecule has 6 nitrogen and oxygen atoms in total. The molecule has 1 saturated carbocycles. The Hall–Kier alpha value is -1.63. The highest BCUT2D eigenvalue weighted by Crippen LogP contribution is 2.35. The van der Waals surface area contributed by atoms with Gasteiger partial charge in [0.1, 0.15) is 10.6 Å². The number of benzene rings is 1. The Morgan fingerprint density at radius 1 is 1.33 bits per heavy atom. The SMILES string of the molecule is CC(Nc1cccc(S(C)(=O)=O)c1[N+](=O)[O-])C1CCCC1. The van der Waals surface area contributed by atoms with Crippen LogP contribution in [0.2, 0.25) is 0 Å². The summed E-state index contributed by atoms with van der Waals surface area (Å²) in [5.41, 5.74) is -0.0767. The van der Waals surface area contributed by atoms with E-state index in [1.165, 1.54) is 25.0 Å². The average Bonchev–Trinajstić information content (AvgIpc) is 2.91. The van der Waals surface area contributed by atoms with Crippen molar-refractivity contribution >= 4 is 21.2 Å². The number of para-hydroxylation sites is 1. The van der Waals surface area contributed by atoms with Crippen molar-refractivity contribution in [2.45, 2.75) is 43.5 Å². The predicted octanol–water partition coefficient (Wildman–Crippen LogP) is 2.99. The topological polar surface area (TPSA) is 89.3 Å². The molecule has 0 aliphatic heterocycles. The van der Waals surface area contributed by atoms with Gasteiger partial charge in [-0.1, -0.05) is 18.9 Å². The van der Waals surface area contributed by atoms with Crippen molar-refractivity contribution in [3.05, 3.63) is 28.3 Å². The van der Waals surface area contributed by atoms with E-state index in [4.69, 9.17) is 0 Å². The number of anilines is 1. The Balaban J connectivity index is 2.37. The van der Waals surface area contributed by atoms with Crippen LogP contribution in [0, 0.1) is 16.0 Å². The monoisotopic (exact) mass is 312 g/mol. The summed E-state index contributed by atoms with van der Waals surface area (Å²) in [7, 11) is -3.64. The molecule has 116 valence electrons. The summed E-state index contributed by atoms with van der Waals surface area (Å²) in [5.74, 6) is 0.478. The number of hydrogen-bond acceptors (Lipinski definition) is 5. The van der Waals surface area contributed by atoms with E-state index in [1.807, 2.05) is 6.92 Å². The highest BCUT2D eigenvalue weighted by Gasteiger charge is 2.28. The molecule has 1 fully saturated rings. The molecule has 1 aromatic rings. The Labute approximate surface area is 124 Å². The van der Waals surface area contributed by atoms with Crippen LogP contribution < -0.4 is 5.32 Å². The minimum Gasteiger partial charge on any atom is -0.377 e. The molecule has 1 unspecified atom stereocenters. The lowest BCUT2D eigenvalue weighted by Gasteiger charge is -2.21. The number of rotatable bonds is 5. The van der Waals surface area contributed by atoms with Gasteiger partial charge in [0.05, 0.1) is 4.92 Å². The number of sulfone groups is 1. The summed E-state index contributed by atoms with van der Waals surface area (Å²) in [6.45, 7) is 1.99. The van der Waals surface area contributed by atoms with Gasteiger partial charge in [0, 0.05) is 12.3 Å². The van der Waals surface area contributed by atoms with E-state index in [9.17, 15) is 18.5 Å². The fourth-order valence-corrected chi connectivity index (χ4v) is 3.81. The molecule has 0 aromatic heterocycles. The van der Waals surface area contributed by atoms with E-state index >= 15 is 0 Å². The van der Waals surface area contributed by atoms with Crippen LogP contribution in [0.25, 0.3) is 0 Å². The second kappa shape index (κ2) is 6.01. The number of nitro groups is 1. The number of nitrogens with one attached hydrogen (secondary N) is 1. The Bertz CT molecular complexity index is 636. The highest BCUT2D eigenvalue weighted by atomic mass is 32.2. The third-order valence-corrected chi connectivity index (χ3v) is 5.20. The van der Waals surface area contributed by atoms with Gasteiger partial charge in [0.25, 0.3) is 0 Å². The molecule has 0 radical (unpaired) electrons. The van der Waals surface area contributed by atoms with Gasteiger partial charge in [-0.25, -0.2) is 8.42 Å². The van der Waals surface area contributed by atoms with Gasteiger partial charge in [-0.3, -0.25) is 10.1 Å². The van der Waals surface area contributed by atoms with Crippen molar-refractivity contribution in [2.24, 2.45) is 5.92 Å². The average molecular weight is 312 g/mol. The van der Waals surface area contributed by atoms with Gasteiger partial charge in [-0.2, -0.15) is 0 Å². The zero-order valence-corrected chi connectivity index (χ0v) is 13.0. The van der Waals surface area contributed by atoms with E-state index in [-0.39, 0.29) is 22.3 Å². The van der Waals surface area contributed by atoms with Crippen LogP contribution in [-0.2, 0) is 9.84 Å². The molecular weight excluding hydrogens is 292 g/mol. The van der Waals surface area contributed by atoms with E-state index in [0.29, 0.717) is 5.92 Å². The molecule has 7 heteroatoms. The first kappa shape index (κ1) is 15.8. The lowest BCUT2D eigenvalue weighted by molar-refractivity contribution is -0.386. The molecule has 21 heavy (non-hydrogen) atoms. The van der Waals surface area contributed by atoms with Crippen molar-refractivity contribution < 1.29 is 13.3 Å². The lowest BCUT2D eigenvalue weighted by Crippen LogP contribution is -2.24. The summed E-state index contributed by atoms with van der Waals surface area (Å²) >= 11 is 0. The molecule has 0 bridgehead atoms. The van der Waals surface area contributed by atoms with E-state index in [1.54, 1.807) is 6.07 Å². The van der Waals surface area contributed by atoms with Crippen LogP contribution in [-0.4, -0.2) is 25.6 Å². The molecule has 0 saturated heterocycles. The maximum Gasteiger partial charge on any atom is 0.310 e. The number of nitrogens with zero attached hydrogens (tertiary/aromatic N) is 1. The van der Waals surface area contributed by atoms with Crippen LogP contribution in [0.4, 0.5) is 11.4 Å². The minimum absolute atomic E-state index is 0.0843. The molecule has 0 heterocycles. The molecule has 1 atom stereocenters. The van der Waals surface area contributed by atoms with E-state index in [0.717, 1.165) is 19.1 Å². The molecule has 1 N–H and O–H groups in total. The summed E-state index contributed by atoms with van der Waals surface area (Å²) in [4.78, 5) is 10.4. The zero-order valence-electron chi connectivity index (χ0n) is 12.2. The summed E-state index contributed by atoms with van der Waals surface area (Å²) in [6.07, 6.45) is 5.56. The largest absolute Gasteiger partial charge is 0.377 e. The Morgan fingerprint density at radius 2 is 1.95 bits per heavy atom. The second-order valence-electron chi connectivity index (χ2n) is 5.66. The zero-order chi connectivity index (χ0) is 15.6. The standard InChI is InChI=1S/C14H20N2O4S/c1-10(11-6-3-4-7-11)15-12-8-5-9-13(21(2,19)20)14(12)16(17)18/h5,8-11,15H,3-4,6-7H2,1-2H3. The fraction of sp³-hybridized carbons (Fsp3) is 0.571. The number of nitro benzene ring substituents is 1. The Kier molecular flexibility index (Phi) is 4.51. The first-order valence-corrected chi connectivity index (χ1v) is 8.94. The van der Waals surface area contributed by atoms with Crippen LogP contribution >= 0.6 is 0 Å². The van der Waals surface area contributed by atoms with Crippen LogP contribution in [0.1, 0.15) is 32.6 Å². The van der Waals surface area contributed by atoms with Gasteiger partial charge in [-0.15, -0.1) is 0 Å². The predicted molar refractivity (Wildman–Crippen MR) is 81.2 cm³/mol. The Morgan fingerprint density at radius 3 is 2.48 bits per heavy atom. The molecule has 0 spiro atoms. The maximum atomic E-state index is 11.7. The second-order valence-corrected chi connectivity index (χ2v) is 7.64. The van der Waals surface area contributed by atoms with E-state index < -0.39 is 14.8 Å². The molecule has 0 amide bonds. The first-order chi connectivity index (χ1) is 9.80. The van der Waals surface area contributed by atoms with Crippen molar-refractivity contribution in [1.82, 2.24) is 0 Å².